The molecule has 0 radical (unpaired) electrons. The number of benzene rings is 2. The van der Waals surface area contributed by atoms with Crippen LogP contribution in [0.5, 0.6) is 0 Å². The maximum absolute atomic E-state index is 13.8. The lowest BCUT2D eigenvalue weighted by atomic mass is 9.88. The van der Waals surface area contributed by atoms with Gasteiger partial charge in [-0.05, 0) is 36.5 Å². The SMILES string of the molecule is O=C1[C@H](Cc2ccccc2)N2C(=O)CCN(S(=O)(=O)c3ccccc3)[C@H]2CN1CC1CCCCC1. The van der Waals surface area contributed by atoms with Gasteiger partial charge in [-0.15, -0.1) is 0 Å². The fourth-order valence-corrected chi connectivity index (χ4v) is 7.44. The molecule has 2 amide bonds. The normalized spacial score (nSPS) is 24.5. The van der Waals surface area contributed by atoms with Gasteiger partial charge in [0.15, 0.2) is 0 Å². The van der Waals surface area contributed by atoms with Crippen LogP contribution in [0.25, 0.3) is 0 Å². The monoisotopic (exact) mass is 495 g/mol. The van der Waals surface area contributed by atoms with Crippen LogP contribution in [0.3, 0.4) is 0 Å². The lowest BCUT2D eigenvalue weighted by molar-refractivity contribution is -0.165. The molecule has 0 spiro atoms. The molecule has 2 saturated heterocycles. The zero-order chi connectivity index (χ0) is 24.4. The molecule has 1 aliphatic carbocycles. The average Bonchev–Trinajstić information content (AvgIpc) is 2.88. The van der Waals surface area contributed by atoms with Gasteiger partial charge >= 0.3 is 0 Å². The van der Waals surface area contributed by atoms with Crippen LogP contribution in [0.15, 0.2) is 65.6 Å². The van der Waals surface area contributed by atoms with Crippen LogP contribution in [-0.4, -0.2) is 66.2 Å². The molecule has 0 aromatic heterocycles. The van der Waals surface area contributed by atoms with Gasteiger partial charge in [-0.25, -0.2) is 8.42 Å². The highest BCUT2D eigenvalue weighted by Gasteiger charge is 2.50. The number of sulfonamides is 1. The number of nitrogens with zero attached hydrogens (tertiary/aromatic N) is 3. The summed E-state index contributed by atoms with van der Waals surface area (Å²) in [5.41, 5.74) is 0.958. The number of carbonyl (C=O) groups excluding carboxylic acids is 2. The molecule has 0 unspecified atom stereocenters. The molecule has 186 valence electrons. The largest absolute Gasteiger partial charge is 0.337 e. The van der Waals surface area contributed by atoms with Crippen molar-refractivity contribution in [3.8, 4) is 0 Å². The number of rotatable bonds is 6. The summed E-state index contributed by atoms with van der Waals surface area (Å²) >= 11 is 0. The van der Waals surface area contributed by atoms with Crippen LogP contribution >= 0.6 is 0 Å². The van der Waals surface area contributed by atoms with Crippen LogP contribution < -0.4 is 0 Å². The van der Waals surface area contributed by atoms with Crippen LogP contribution in [0.4, 0.5) is 0 Å². The highest BCUT2D eigenvalue weighted by Crippen LogP contribution is 2.33. The molecule has 3 aliphatic rings. The van der Waals surface area contributed by atoms with Gasteiger partial charge in [-0.3, -0.25) is 9.59 Å². The van der Waals surface area contributed by atoms with Crippen molar-refractivity contribution in [1.82, 2.24) is 14.1 Å². The summed E-state index contributed by atoms with van der Waals surface area (Å²) in [7, 11) is -3.82. The van der Waals surface area contributed by atoms with Gasteiger partial charge in [0.05, 0.1) is 11.4 Å². The molecule has 2 heterocycles. The smallest absolute Gasteiger partial charge is 0.245 e. The van der Waals surface area contributed by atoms with E-state index in [4.69, 9.17) is 0 Å². The van der Waals surface area contributed by atoms with E-state index in [0.717, 1.165) is 18.4 Å². The van der Waals surface area contributed by atoms with Crippen LogP contribution in [0.2, 0.25) is 0 Å². The molecule has 5 rings (SSSR count). The second-order valence-corrected chi connectivity index (χ2v) is 11.8. The first kappa shape index (κ1) is 24.0. The summed E-state index contributed by atoms with van der Waals surface area (Å²) in [6.07, 6.45) is 5.50. The van der Waals surface area contributed by atoms with Gasteiger partial charge < -0.3 is 9.80 Å². The molecule has 3 fully saturated rings. The number of fused-ring (bicyclic) bond motifs is 1. The molecule has 2 aromatic rings. The third kappa shape index (κ3) is 4.86. The molecule has 8 heteroatoms. The maximum Gasteiger partial charge on any atom is 0.245 e. The first-order chi connectivity index (χ1) is 16.9. The van der Waals surface area contributed by atoms with Crippen LogP contribution in [0.1, 0.15) is 44.1 Å². The van der Waals surface area contributed by atoms with Gasteiger partial charge in [0, 0.05) is 25.9 Å². The van der Waals surface area contributed by atoms with Crippen molar-refractivity contribution in [2.45, 2.75) is 62.0 Å². The highest BCUT2D eigenvalue weighted by molar-refractivity contribution is 7.89. The van der Waals surface area contributed by atoms with Crippen molar-refractivity contribution in [3.05, 3.63) is 66.2 Å². The summed E-state index contributed by atoms with van der Waals surface area (Å²) in [6, 6.07) is 17.3. The van der Waals surface area contributed by atoms with E-state index in [0.29, 0.717) is 18.9 Å². The fraction of sp³-hybridized carbons (Fsp3) is 0.481. The molecule has 2 atom stereocenters. The van der Waals surface area contributed by atoms with Crippen molar-refractivity contribution < 1.29 is 18.0 Å². The molecule has 35 heavy (non-hydrogen) atoms. The Morgan fingerprint density at radius 3 is 2.20 bits per heavy atom. The Bertz CT molecular complexity index is 1150. The summed E-state index contributed by atoms with van der Waals surface area (Å²) in [6.45, 7) is 0.973. The molecule has 1 saturated carbocycles. The van der Waals surface area contributed by atoms with E-state index in [1.165, 1.54) is 23.6 Å². The van der Waals surface area contributed by atoms with Gasteiger partial charge in [-0.2, -0.15) is 4.31 Å². The first-order valence-corrected chi connectivity index (χ1v) is 14.1. The number of hydrogen-bond donors (Lipinski definition) is 0. The van der Waals surface area contributed by atoms with E-state index in [2.05, 4.69) is 0 Å². The van der Waals surface area contributed by atoms with E-state index >= 15 is 0 Å². The molecule has 2 aliphatic heterocycles. The van der Waals surface area contributed by atoms with E-state index in [9.17, 15) is 18.0 Å². The Kier molecular flexibility index (Phi) is 6.93. The predicted octanol–water partition coefficient (Wildman–Crippen LogP) is 3.27. The Balaban J connectivity index is 1.50. The van der Waals surface area contributed by atoms with E-state index in [1.807, 2.05) is 35.2 Å². The number of carbonyl (C=O) groups is 2. The molecular weight excluding hydrogens is 462 g/mol. The minimum absolute atomic E-state index is 0.0667. The van der Waals surface area contributed by atoms with Gasteiger partial charge in [0.25, 0.3) is 0 Å². The minimum atomic E-state index is -3.82. The van der Waals surface area contributed by atoms with Crippen molar-refractivity contribution in [2.75, 3.05) is 19.6 Å². The Morgan fingerprint density at radius 2 is 1.51 bits per heavy atom. The standard InChI is InChI=1S/C27H33N3O4S/c31-26-16-17-29(35(33,34)23-14-8-3-9-15-23)25-20-28(19-22-12-6-2-7-13-22)27(32)24(30(25)26)18-21-10-4-1-5-11-21/h1,3-5,8-11,14-15,22,24-25H,2,6-7,12-13,16-20H2/t24-,25+/m0/s1. The highest BCUT2D eigenvalue weighted by atomic mass is 32.2. The van der Waals surface area contributed by atoms with E-state index < -0.39 is 22.2 Å². The minimum Gasteiger partial charge on any atom is -0.337 e. The number of piperazine rings is 1. The van der Waals surface area contributed by atoms with Crippen molar-refractivity contribution in [3.63, 3.8) is 0 Å². The lowest BCUT2D eigenvalue weighted by Gasteiger charge is -2.52. The third-order valence-corrected chi connectivity index (χ3v) is 9.54. The second kappa shape index (κ2) is 10.1. The second-order valence-electron chi connectivity index (χ2n) is 9.91. The Labute approximate surface area is 207 Å². The van der Waals surface area contributed by atoms with Gasteiger partial charge in [0.1, 0.15) is 12.2 Å². The average molecular weight is 496 g/mol. The third-order valence-electron chi connectivity index (χ3n) is 7.63. The Morgan fingerprint density at radius 1 is 0.857 bits per heavy atom. The van der Waals surface area contributed by atoms with Crippen molar-refractivity contribution in [1.29, 1.82) is 0 Å². The number of amides is 2. The zero-order valence-corrected chi connectivity index (χ0v) is 20.8. The summed E-state index contributed by atoms with van der Waals surface area (Å²) in [4.78, 5) is 30.6. The fourth-order valence-electron chi connectivity index (χ4n) is 5.84. The van der Waals surface area contributed by atoms with E-state index in [-0.39, 0.29) is 36.2 Å². The molecule has 0 N–H and O–H groups in total. The molecule has 7 nitrogen and oxygen atoms in total. The first-order valence-electron chi connectivity index (χ1n) is 12.7. The van der Waals surface area contributed by atoms with Crippen molar-refractivity contribution in [2.24, 2.45) is 5.92 Å². The topological polar surface area (TPSA) is 78.0 Å². The number of hydrogen-bond acceptors (Lipinski definition) is 4. The maximum atomic E-state index is 13.8. The lowest BCUT2D eigenvalue weighted by Crippen LogP contribution is -2.71. The summed E-state index contributed by atoms with van der Waals surface area (Å²) in [5.74, 6) is 0.208. The summed E-state index contributed by atoms with van der Waals surface area (Å²) < 4.78 is 28.8. The van der Waals surface area contributed by atoms with Gasteiger partial charge in [0.2, 0.25) is 21.8 Å². The summed E-state index contributed by atoms with van der Waals surface area (Å²) in [5, 5.41) is 0. The van der Waals surface area contributed by atoms with Crippen LogP contribution in [-0.2, 0) is 26.0 Å². The molecule has 2 aromatic carbocycles. The quantitative estimate of drug-likeness (QED) is 0.616. The molecule has 0 bridgehead atoms. The van der Waals surface area contributed by atoms with Gasteiger partial charge in [-0.1, -0.05) is 67.8 Å². The van der Waals surface area contributed by atoms with E-state index in [1.54, 1.807) is 35.2 Å². The molecular formula is C27H33N3O4S. The zero-order valence-electron chi connectivity index (χ0n) is 20.0. The predicted molar refractivity (Wildman–Crippen MR) is 133 cm³/mol. The van der Waals surface area contributed by atoms with Crippen molar-refractivity contribution >= 4 is 21.8 Å². The van der Waals surface area contributed by atoms with Crippen LogP contribution in [0, 0.1) is 5.92 Å². The Hall–Kier alpha value is -2.71.